The van der Waals surface area contributed by atoms with Crippen molar-refractivity contribution in [3.8, 4) is 17.2 Å². The molecule has 222 valence electrons. The van der Waals surface area contributed by atoms with Crippen molar-refractivity contribution in [2.75, 3.05) is 17.3 Å². The monoisotopic (exact) mass is 590 g/mol. The fourth-order valence-electron chi connectivity index (χ4n) is 4.06. The summed E-state index contributed by atoms with van der Waals surface area (Å²) in [5.74, 6) is -2.68. The first-order valence-electron chi connectivity index (χ1n) is 13.1. The summed E-state index contributed by atoms with van der Waals surface area (Å²) in [6.45, 7) is 4.75. The van der Waals surface area contributed by atoms with E-state index in [1.54, 1.807) is 20.9 Å². The lowest BCUT2D eigenvalue weighted by Crippen LogP contribution is -2.42. The second-order valence-corrected chi connectivity index (χ2v) is 9.77. The predicted octanol–water partition coefficient (Wildman–Crippen LogP) is 4.47. The van der Waals surface area contributed by atoms with Crippen LogP contribution in [0.25, 0.3) is 5.69 Å². The van der Waals surface area contributed by atoms with Crippen molar-refractivity contribution < 1.29 is 23.1 Å². The molecule has 2 N–H and O–H groups in total. The SMILES string of the molecule is CC(=O)N(C)c1cnc(CC=N)c(Oc2ccc(NC(=O)c3cn(C(C)C)c(=O)n(-c4ccc(F)cc4)c3=O)cc2F)c1. The van der Waals surface area contributed by atoms with Crippen LogP contribution in [0, 0.1) is 17.0 Å². The zero-order valence-corrected chi connectivity index (χ0v) is 23.7. The molecule has 0 unspecified atom stereocenters. The molecular formula is C30H28F2N6O5. The smallest absolute Gasteiger partial charge is 0.335 e. The Kier molecular flexibility index (Phi) is 8.93. The molecule has 0 spiro atoms. The van der Waals surface area contributed by atoms with Crippen LogP contribution in [0.5, 0.6) is 11.5 Å². The van der Waals surface area contributed by atoms with Crippen molar-refractivity contribution in [1.82, 2.24) is 14.1 Å². The molecule has 0 aliphatic heterocycles. The number of hydrogen-bond donors (Lipinski definition) is 2. The molecule has 0 saturated heterocycles. The summed E-state index contributed by atoms with van der Waals surface area (Å²) in [4.78, 5) is 56.8. The summed E-state index contributed by atoms with van der Waals surface area (Å²) in [6, 6.07) is 9.32. The number of rotatable bonds is 9. The number of nitrogens with one attached hydrogen (secondary N) is 2. The molecule has 2 heterocycles. The van der Waals surface area contributed by atoms with E-state index in [9.17, 15) is 23.6 Å². The number of halogens is 2. The molecular weight excluding hydrogens is 562 g/mol. The number of benzene rings is 2. The normalized spacial score (nSPS) is 10.9. The number of hydrogen-bond acceptors (Lipinski definition) is 7. The van der Waals surface area contributed by atoms with E-state index in [2.05, 4.69) is 10.3 Å². The van der Waals surface area contributed by atoms with Gasteiger partial charge in [-0.25, -0.2) is 18.1 Å². The van der Waals surface area contributed by atoms with E-state index in [0.717, 1.165) is 35.2 Å². The lowest BCUT2D eigenvalue weighted by Gasteiger charge is -2.18. The van der Waals surface area contributed by atoms with Crippen LogP contribution in [-0.2, 0) is 11.2 Å². The van der Waals surface area contributed by atoms with Crippen LogP contribution in [0.4, 0.5) is 20.2 Å². The van der Waals surface area contributed by atoms with Gasteiger partial charge in [0.15, 0.2) is 17.3 Å². The summed E-state index contributed by atoms with van der Waals surface area (Å²) in [6.07, 6.45) is 3.77. The Morgan fingerprint density at radius 2 is 1.79 bits per heavy atom. The Balaban J connectivity index is 1.65. The van der Waals surface area contributed by atoms with Gasteiger partial charge in [-0.3, -0.25) is 23.9 Å². The van der Waals surface area contributed by atoms with Crippen molar-refractivity contribution in [3.63, 3.8) is 0 Å². The Labute approximate surface area is 244 Å². The third-order valence-corrected chi connectivity index (χ3v) is 6.48. The Hall–Kier alpha value is -5.46. The summed E-state index contributed by atoms with van der Waals surface area (Å²) in [5.41, 5.74) is -1.25. The molecule has 0 saturated carbocycles. The van der Waals surface area contributed by atoms with Crippen molar-refractivity contribution in [2.24, 2.45) is 0 Å². The molecule has 0 bridgehead atoms. The third-order valence-electron chi connectivity index (χ3n) is 6.48. The second kappa shape index (κ2) is 12.6. The highest BCUT2D eigenvalue weighted by Crippen LogP contribution is 2.31. The van der Waals surface area contributed by atoms with Gasteiger partial charge in [0.05, 0.1) is 23.3 Å². The molecule has 2 amide bonds. The van der Waals surface area contributed by atoms with Crippen molar-refractivity contribution in [3.05, 3.63) is 105 Å². The Morgan fingerprint density at radius 1 is 1.09 bits per heavy atom. The fraction of sp³-hybridized carbons (Fsp3) is 0.200. The van der Waals surface area contributed by atoms with Crippen LogP contribution in [0.1, 0.15) is 42.9 Å². The van der Waals surface area contributed by atoms with E-state index in [1.165, 1.54) is 52.9 Å². The van der Waals surface area contributed by atoms with E-state index in [-0.39, 0.29) is 35.2 Å². The molecule has 0 aliphatic carbocycles. The molecule has 13 heteroatoms. The zero-order chi connectivity index (χ0) is 31.4. The first-order valence-corrected chi connectivity index (χ1v) is 13.1. The summed E-state index contributed by atoms with van der Waals surface area (Å²) in [5, 5.41) is 9.87. The third kappa shape index (κ3) is 6.56. The summed E-state index contributed by atoms with van der Waals surface area (Å²) >= 11 is 0. The second-order valence-electron chi connectivity index (χ2n) is 9.77. The van der Waals surface area contributed by atoms with Crippen molar-refractivity contribution >= 4 is 29.4 Å². The lowest BCUT2D eigenvalue weighted by molar-refractivity contribution is -0.116. The fourth-order valence-corrected chi connectivity index (χ4v) is 4.06. The molecule has 11 nitrogen and oxygen atoms in total. The maximum absolute atomic E-state index is 15.2. The van der Waals surface area contributed by atoms with Crippen LogP contribution in [0.3, 0.4) is 0 Å². The average Bonchev–Trinajstić information content (AvgIpc) is 2.95. The van der Waals surface area contributed by atoms with Gasteiger partial charge in [0.2, 0.25) is 5.91 Å². The topological polar surface area (TPSA) is 139 Å². The molecule has 0 fully saturated rings. The summed E-state index contributed by atoms with van der Waals surface area (Å²) < 4.78 is 36.3. The van der Waals surface area contributed by atoms with E-state index in [1.807, 2.05) is 0 Å². The molecule has 2 aromatic heterocycles. The number of ether oxygens (including phenoxy) is 1. The molecule has 2 aromatic carbocycles. The molecule has 43 heavy (non-hydrogen) atoms. The standard InChI is InChI=1S/C30H28F2N6O5/c1-17(2)37-16-23(29(41)38(30(37)42)21-8-5-19(31)6-9-21)28(40)35-20-7-10-26(24(32)13-20)43-27-14-22(36(4)18(3)39)15-34-25(27)11-12-33/h5-10,12-17,33H,11H2,1-4H3,(H,35,40). The first kappa shape index (κ1) is 30.5. The predicted molar refractivity (Wildman–Crippen MR) is 157 cm³/mol. The number of carbonyl (C=O) groups is 2. The Bertz CT molecular complexity index is 1830. The lowest BCUT2D eigenvalue weighted by atomic mass is 10.2. The number of anilines is 2. The van der Waals surface area contributed by atoms with Gasteiger partial charge in [0.25, 0.3) is 11.5 Å². The van der Waals surface area contributed by atoms with Gasteiger partial charge in [-0.15, -0.1) is 0 Å². The van der Waals surface area contributed by atoms with Crippen LogP contribution in [0.2, 0.25) is 0 Å². The van der Waals surface area contributed by atoms with Gasteiger partial charge in [0, 0.05) is 56.7 Å². The molecule has 0 radical (unpaired) electrons. The van der Waals surface area contributed by atoms with Gasteiger partial charge >= 0.3 is 5.69 Å². The van der Waals surface area contributed by atoms with Crippen LogP contribution in [0.15, 0.2) is 70.5 Å². The number of aromatic nitrogens is 3. The first-order chi connectivity index (χ1) is 20.4. The number of carbonyl (C=O) groups excluding carboxylic acids is 2. The highest BCUT2D eigenvalue weighted by atomic mass is 19.1. The molecule has 4 aromatic rings. The maximum Gasteiger partial charge on any atom is 0.335 e. The number of amides is 2. The van der Waals surface area contributed by atoms with Crippen LogP contribution >= 0.6 is 0 Å². The van der Waals surface area contributed by atoms with Crippen molar-refractivity contribution in [1.29, 1.82) is 5.41 Å². The van der Waals surface area contributed by atoms with E-state index in [4.69, 9.17) is 10.1 Å². The Morgan fingerprint density at radius 3 is 2.40 bits per heavy atom. The van der Waals surface area contributed by atoms with Gasteiger partial charge in [-0.2, -0.15) is 0 Å². The van der Waals surface area contributed by atoms with E-state index in [0.29, 0.717) is 11.4 Å². The quantitative estimate of drug-likeness (QED) is 0.276. The molecule has 4 rings (SSSR count). The van der Waals surface area contributed by atoms with Gasteiger partial charge in [0.1, 0.15) is 11.4 Å². The molecule has 0 aliphatic rings. The molecule has 0 atom stereocenters. The zero-order valence-electron chi connectivity index (χ0n) is 23.7. The summed E-state index contributed by atoms with van der Waals surface area (Å²) in [7, 11) is 1.54. The minimum atomic E-state index is -0.937. The van der Waals surface area contributed by atoms with Crippen LogP contribution in [-0.4, -0.2) is 39.2 Å². The largest absolute Gasteiger partial charge is 0.452 e. The minimum absolute atomic E-state index is 0.00668. The van der Waals surface area contributed by atoms with Gasteiger partial charge < -0.3 is 20.4 Å². The van der Waals surface area contributed by atoms with E-state index >= 15 is 4.39 Å². The van der Waals surface area contributed by atoms with Gasteiger partial charge in [-0.1, -0.05) is 0 Å². The minimum Gasteiger partial charge on any atom is -0.452 e. The number of nitrogens with zero attached hydrogens (tertiary/aromatic N) is 4. The average molecular weight is 591 g/mol. The van der Waals surface area contributed by atoms with Crippen molar-refractivity contribution in [2.45, 2.75) is 33.2 Å². The number of pyridine rings is 1. The highest BCUT2D eigenvalue weighted by molar-refractivity contribution is 6.04. The van der Waals surface area contributed by atoms with Gasteiger partial charge in [-0.05, 0) is 50.2 Å². The van der Waals surface area contributed by atoms with E-state index < -0.39 is 40.4 Å². The highest BCUT2D eigenvalue weighted by Gasteiger charge is 2.21. The van der Waals surface area contributed by atoms with Crippen LogP contribution < -0.4 is 26.2 Å². The maximum atomic E-state index is 15.2.